The molecule has 1 aromatic carbocycles. The third kappa shape index (κ3) is 4.32. The van der Waals surface area contributed by atoms with Crippen LogP contribution in [0.15, 0.2) is 24.3 Å². The van der Waals surface area contributed by atoms with Crippen molar-refractivity contribution in [2.24, 2.45) is 11.8 Å². The summed E-state index contributed by atoms with van der Waals surface area (Å²) in [5, 5.41) is 3.65. The normalized spacial score (nSPS) is 23.5. The van der Waals surface area contributed by atoms with Gasteiger partial charge in [0, 0.05) is 13.7 Å². The highest BCUT2D eigenvalue weighted by Gasteiger charge is 2.20. The Morgan fingerprint density at radius 3 is 2.63 bits per heavy atom. The zero-order chi connectivity index (χ0) is 13.5. The molecule has 0 aromatic heterocycles. The van der Waals surface area contributed by atoms with E-state index in [4.69, 9.17) is 4.74 Å². The van der Waals surface area contributed by atoms with Gasteiger partial charge in [0.15, 0.2) is 0 Å². The molecule has 0 spiro atoms. The number of hydrogen-bond donors (Lipinski definition) is 1. The predicted octanol–water partition coefficient (Wildman–Crippen LogP) is 3.75. The Labute approximate surface area is 117 Å². The zero-order valence-electron chi connectivity index (χ0n) is 12.3. The van der Waals surface area contributed by atoms with Crippen LogP contribution in [0, 0.1) is 11.8 Å². The number of methoxy groups -OCH3 is 1. The van der Waals surface area contributed by atoms with Gasteiger partial charge in [0.1, 0.15) is 0 Å². The van der Waals surface area contributed by atoms with Crippen LogP contribution in [0.1, 0.15) is 43.7 Å². The van der Waals surface area contributed by atoms with Crippen LogP contribution in [-0.4, -0.2) is 13.7 Å². The van der Waals surface area contributed by atoms with Crippen LogP contribution in [0.25, 0.3) is 0 Å². The van der Waals surface area contributed by atoms with E-state index in [0.717, 1.165) is 24.9 Å². The van der Waals surface area contributed by atoms with Crippen LogP contribution in [0.5, 0.6) is 0 Å². The SMILES string of the molecule is COCc1ccccc1CNCC1CCCCC1C. The smallest absolute Gasteiger partial charge is 0.0716 e. The molecular weight excluding hydrogens is 234 g/mol. The van der Waals surface area contributed by atoms with Crippen molar-refractivity contribution < 1.29 is 4.74 Å². The highest BCUT2D eigenvalue weighted by molar-refractivity contribution is 5.26. The Kier molecular flexibility index (Phi) is 5.87. The summed E-state index contributed by atoms with van der Waals surface area (Å²) in [5.41, 5.74) is 2.67. The van der Waals surface area contributed by atoms with E-state index in [1.165, 1.54) is 36.8 Å². The standard InChI is InChI=1S/C17H27NO/c1-14-7-3-4-8-15(14)11-18-12-16-9-5-6-10-17(16)13-19-2/h5-6,9-10,14-15,18H,3-4,7-8,11-13H2,1-2H3. The zero-order valence-corrected chi connectivity index (χ0v) is 12.3. The lowest BCUT2D eigenvalue weighted by atomic mass is 9.80. The molecule has 19 heavy (non-hydrogen) atoms. The lowest BCUT2D eigenvalue weighted by Crippen LogP contribution is -2.29. The number of rotatable bonds is 6. The van der Waals surface area contributed by atoms with Crippen molar-refractivity contribution in [1.82, 2.24) is 5.32 Å². The minimum absolute atomic E-state index is 0.706. The molecule has 1 aromatic rings. The van der Waals surface area contributed by atoms with Gasteiger partial charge in [-0.1, -0.05) is 50.5 Å². The van der Waals surface area contributed by atoms with Gasteiger partial charge in [-0.15, -0.1) is 0 Å². The molecule has 2 heteroatoms. The van der Waals surface area contributed by atoms with E-state index in [0.29, 0.717) is 6.61 Å². The summed E-state index contributed by atoms with van der Waals surface area (Å²) in [5.74, 6) is 1.75. The van der Waals surface area contributed by atoms with Gasteiger partial charge in [0.25, 0.3) is 0 Å². The summed E-state index contributed by atoms with van der Waals surface area (Å²) in [7, 11) is 1.76. The van der Waals surface area contributed by atoms with Gasteiger partial charge in [0.2, 0.25) is 0 Å². The van der Waals surface area contributed by atoms with E-state index in [2.05, 4.69) is 36.5 Å². The average Bonchev–Trinajstić information content (AvgIpc) is 2.43. The molecule has 1 aliphatic carbocycles. The van der Waals surface area contributed by atoms with Crippen LogP contribution in [0.3, 0.4) is 0 Å². The first-order valence-corrected chi connectivity index (χ1v) is 7.57. The molecule has 0 heterocycles. The molecule has 1 saturated carbocycles. The Balaban J connectivity index is 1.81. The Morgan fingerprint density at radius 2 is 1.89 bits per heavy atom. The molecule has 1 fully saturated rings. The predicted molar refractivity (Wildman–Crippen MR) is 80.0 cm³/mol. The van der Waals surface area contributed by atoms with Gasteiger partial charge in [-0.3, -0.25) is 0 Å². The maximum atomic E-state index is 5.25. The number of nitrogens with one attached hydrogen (secondary N) is 1. The molecule has 0 aliphatic heterocycles. The van der Waals surface area contributed by atoms with Crippen molar-refractivity contribution in [3.05, 3.63) is 35.4 Å². The fourth-order valence-electron chi connectivity index (χ4n) is 3.11. The summed E-state index contributed by atoms with van der Waals surface area (Å²) < 4.78 is 5.25. The third-order valence-electron chi connectivity index (χ3n) is 4.43. The Bertz CT molecular complexity index is 377. The van der Waals surface area contributed by atoms with E-state index < -0.39 is 0 Å². The molecule has 106 valence electrons. The van der Waals surface area contributed by atoms with Gasteiger partial charge < -0.3 is 10.1 Å². The molecule has 1 aliphatic rings. The van der Waals surface area contributed by atoms with Gasteiger partial charge >= 0.3 is 0 Å². The number of ether oxygens (including phenoxy) is 1. The lowest BCUT2D eigenvalue weighted by Gasteiger charge is -2.29. The average molecular weight is 261 g/mol. The Morgan fingerprint density at radius 1 is 1.16 bits per heavy atom. The van der Waals surface area contributed by atoms with E-state index in [9.17, 15) is 0 Å². The maximum Gasteiger partial charge on any atom is 0.0716 e. The van der Waals surface area contributed by atoms with E-state index in [-0.39, 0.29) is 0 Å². The second-order valence-corrected chi connectivity index (χ2v) is 5.85. The largest absolute Gasteiger partial charge is 0.380 e. The van der Waals surface area contributed by atoms with Crippen molar-refractivity contribution in [3.8, 4) is 0 Å². The fourth-order valence-corrected chi connectivity index (χ4v) is 3.11. The molecule has 2 unspecified atom stereocenters. The quantitative estimate of drug-likeness (QED) is 0.842. The van der Waals surface area contributed by atoms with Crippen molar-refractivity contribution in [2.75, 3.05) is 13.7 Å². The second-order valence-electron chi connectivity index (χ2n) is 5.85. The minimum atomic E-state index is 0.706. The van der Waals surface area contributed by atoms with Gasteiger partial charge in [0.05, 0.1) is 6.61 Å². The summed E-state index contributed by atoms with van der Waals surface area (Å²) >= 11 is 0. The molecule has 0 bridgehead atoms. The van der Waals surface area contributed by atoms with Gasteiger partial charge in [-0.25, -0.2) is 0 Å². The van der Waals surface area contributed by atoms with Gasteiger partial charge in [-0.2, -0.15) is 0 Å². The first kappa shape index (κ1) is 14.5. The van der Waals surface area contributed by atoms with E-state index in [1.54, 1.807) is 7.11 Å². The molecule has 0 radical (unpaired) electrons. The topological polar surface area (TPSA) is 21.3 Å². The Hall–Kier alpha value is -0.860. The van der Waals surface area contributed by atoms with Crippen molar-refractivity contribution >= 4 is 0 Å². The molecule has 2 atom stereocenters. The first-order valence-electron chi connectivity index (χ1n) is 7.57. The van der Waals surface area contributed by atoms with Gasteiger partial charge in [-0.05, 0) is 35.9 Å². The van der Waals surface area contributed by atoms with E-state index >= 15 is 0 Å². The summed E-state index contributed by atoms with van der Waals surface area (Å²) in [6.45, 7) is 5.23. The van der Waals surface area contributed by atoms with Crippen molar-refractivity contribution in [1.29, 1.82) is 0 Å². The molecule has 0 saturated heterocycles. The maximum absolute atomic E-state index is 5.25. The molecule has 1 N–H and O–H groups in total. The lowest BCUT2D eigenvalue weighted by molar-refractivity contribution is 0.184. The highest BCUT2D eigenvalue weighted by atomic mass is 16.5. The first-order chi connectivity index (χ1) is 9.31. The summed E-state index contributed by atoms with van der Waals surface area (Å²) in [6, 6.07) is 8.55. The van der Waals surface area contributed by atoms with Crippen LogP contribution in [0.4, 0.5) is 0 Å². The molecule has 2 nitrogen and oxygen atoms in total. The third-order valence-corrected chi connectivity index (χ3v) is 4.43. The monoisotopic (exact) mass is 261 g/mol. The fraction of sp³-hybridized carbons (Fsp3) is 0.647. The summed E-state index contributed by atoms with van der Waals surface area (Å²) in [6.07, 6.45) is 5.64. The summed E-state index contributed by atoms with van der Waals surface area (Å²) in [4.78, 5) is 0. The van der Waals surface area contributed by atoms with E-state index in [1.807, 2.05) is 0 Å². The number of benzene rings is 1. The number of hydrogen-bond acceptors (Lipinski definition) is 2. The van der Waals surface area contributed by atoms with Crippen molar-refractivity contribution in [3.63, 3.8) is 0 Å². The van der Waals surface area contributed by atoms with Crippen molar-refractivity contribution in [2.45, 2.75) is 45.8 Å². The molecular formula is C17H27NO. The van der Waals surface area contributed by atoms with Crippen LogP contribution in [-0.2, 0) is 17.9 Å². The molecule has 2 rings (SSSR count). The highest BCUT2D eigenvalue weighted by Crippen LogP contribution is 2.28. The van der Waals surface area contributed by atoms with Crippen LogP contribution >= 0.6 is 0 Å². The minimum Gasteiger partial charge on any atom is -0.380 e. The second kappa shape index (κ2) is 7.66. The van der Waals surface area contributed by atoms with Crippen LogP contribution in [0.2, 0.25) is 0 Å². The van der Waals surface area contributed by atoms with Crippen LogP contribution < -0.4 is 5.32 Å². The molecule has 0 amide bonds.